The van der Waals surface area contributed by atoms with Gasteiger partial charge in [-0.2, -0.15) is 0 Å². The second-order valence-corrected chi connectivity index (χ2v) is 5.03. The molecule has 78 valence electrons. The molecule has 0 radical (unpaired) electrons. The van der Waals surface area contributed by atoms with Crippen LogP contribution in [0.25, 0.3) is 10.8 Å². The molecule has 1 aromatic carbocycles. The van der Waals surface area contributed by atoms with E-state index in [1.165, 1.54) is 0 Å². The largest absolute Gasteiger partial charge is 0.283 e. The van der Waals surface area contributed by atoms with Gasteiger partial charge < -0.3 is 0 Å². The van der Waals surface area contributed by atoms with Crippen LogP contribution >= 0.6 is 0 Å². The molecule has 0 atom stereocenters. The molecule has 1 N–H and O–H groups in total. The van der Waals surface area contributed by atoms with E-state index in [0.29, 0.717) is 5.69 Å². The molecule has 0 saturated carbocycles. The first-order valence-corrected chi connectivity index (χ1v) is 6.26. The Bertz CT molecular complexity index is 588. The smallest absolute Gasteiger partial charge is 0.229 e. The average molecular weight is 222 g/mol. The quantitative estimate of drug-likeness (QED) is 0.839. The maximum Gasteiger partial charge on any atom is 0.229 e. The highest BCUT2D eigenvalue weighted by Crippen LogP contribution is 2.22. The topological polar surface area (TPSA) is 59.1 Å². The Kier molecular flexibility index (Phi) is 2.32. The van der Waals surface area contributed by atoms with Crippen LogP contribution in [0.15, 0.2) is 36.7 Å². The highest BCUT2D eigenvalue weighted by molar-refractivity contribution is 7.92. The summed E-state index contributed by atoms with van der Waals surface area (Å²) in [5.41, 5.74) is 0.558. The zero-order valence-electron chi connectivity index (χ0n) is 8.14. The van der Waals surface area contributed by atoms with E-state index in [0.717, 1.165) is 17.0 Å². The Morgan fingerprint density at radius 2 is 2.07 bits per heavy atom. The van der Waals surface area contributed by atoms with Gasteiger partial charge in [0.25, 0.3) is 0 Å². The molecule has 2 rings (SSSR count). The lowest BCUT2D eigenvalue weighted by Gasteiger charge is -2.06. The lowest BCUT2D eigenvalue weighted by Crippen LogP contribution is -2.09. The van der Waals surface area contributed by atoms with E-state index in [-0.39, 0.29) is 0 Å². The fraction of sp³-hybridized carbons (Fsp3) is 0.100. The first kappa shape index (κ1) is 9.92. The third kappa shape index (κ3) is 2.24. The van der Waals surface area contributed by atoms with Crippen LogP contribution in [0, 0.1) is 0 Å². The van der Waals surface area contributed by atoms with E-state index in [2.05, 4.69) is 9.71 Å². The molecule has 0 saturated heterocycles. The summed E-state index contributed by atoms with van der Waals surface area (Å²) in [6.45, 7) is 0. The van der Waals surface area contributed by atoms with Crippen molar-refractivity contribution in [3.63, 3.8) is 0 Å². The minimum Gasteiger partial charge on any atom is -0.283 e. The molecule has 0 unspecified atom stereocenters. The molecule has 0 fully saturated rings. The Balaban J connectivity index is 2.61. The van der Waals surface area contributed by atoms with Gasteiger partial charge in [-0.05, 0) is 17.5 Å². The molecule has 1 heterocycles. The van der Waals surface area contributed by atoms with Crippen molar-refractivity contribution in [2.45, 2.75) is 0 Å². The number of hydrogen-bond donors (Lipinski definition) is 1. The summed E-state index contributed by atoms with van der Waals surface area (Å²) in [6.07, 6.45) is 4.44. The van der Waals surface area contributed by atoms with Crippen molar-refractivity contribution in [3.8, 4) is 0 Å². The third-order valence-electron chi connectivity index (χ3n) is 1.98. The van der Waals surface area contributed by atoms with Crippen LogP contribution < -0.4 is 4.72 Å². The van der Waals surface area contributed by atoms with E-state index < -0.39 is 10.0 Å². The number of benzene rings is 1. The lowest BCUT2D eigenvalue weighted by molar-refractivity contribution is 0.607. The molecule has 0 bridgehead atoms. The second kappa shape index (κ2) is 3.51. The third-order valence-corrected chi connectivity index (χ3v) is 2.57. The molecule has 4 nitrogen and oxygen atoms in total. The van der Waals surface area contributed by atoms with Crippen molar-refractivity contribution in [2.24, 2.45) is 0 Å². The van der Waals surface area contributed by atoms with Crippen LogP contribution in [0.5, 0.6) is 0 Å². The Morgan fingerprint density at radius 1 is 1.27 bits per heavy atom. The summed E-state index contributed by atoms with van der Waals surface area (Å²) < 4.78 is 24.7. The molecule has 1 aromatic heterocycles. The first-order valence-electron chi connectivity index (χ1n) is 4.37. The lowest BCUT2D eigenvalue weighted by atomic mass is 10.1. The van der Waals surface area contributed by atoms with Gasteiger partial charge in [0.2, 0.25) is 10.0 Å². The molecule has 0 aliphatic rings. The SMILES string of the molecule is CS(=O)(=O)Nc1cccc2ccncc12. The summed E-state index contributed by atoms with van der Waals surface area (Å²) in [5.74, 6) is 0. The van der Waals surface area contributed by atoms with Crippen LogP contribution in [-0.2, 0) is 10.0 Å². The summed E-state index contributed by atoms with van der Waals surface area (Å²) >= 11 is 0. The molecule has 0 aliphatic heterocycles. The molecule has 0 spiro atoms. The summed E-state index contributed by atoms with van der Waals surface area (Å²) in [7, 11) is -3.25. The maximum atomic E-state index is 11.1. The zero-order valence-corrected chi connectivity index (χ0v) is 8.95. The number of nitrogens with zero attached hydrogens (tertiary/aromatic N) is 1. The standard InChI is InChI=1S/C10H10N2O2S/c1-15(13,14)12-10-4-2-3-8-5-6-11-7-9(8)10/h2-7,12H,1H3. The number of aromatic nitrogens is 1. The van der Waals surface area contributed by atoms with Gasteiger partial charge in [-0.1, -0.05) is 12.1 Å². The van der Waals surface area contributed by atoms with Gasteiger partial charge in [0.05, 0.1) is 11.9 Å². The Labute approximate surface area is 88.0 Å². The van der Waals surface area contributed by atoms with Gasteiger partial charge in [-0.15, -0.1) is 0 Å². The van der Waals surface area contributed by atoms with E-state index >= 15 is 0 Å². The van der Waals surface area contributed by atoms with Crippen molar-refractivity contribution in [1.82, 2.24) is 4.98 Å². The Hall–Kier alpha value is -1.62. The van der Waals surface area contributed by atoms with E-state index in [1.807, 2.05) is 12.1 Å². The second-order valence-electron chi connectivity index (χ2n) is 3.28. The minimum absolute atomic E-state index is 0.558. The predicted octanol–water partition coefficient (Wildman–Crippen LogP) is 1.61. The van der Waals surface area contributed by atoms with Crippen LogP contribution in [0.1, 0.15) is 0 Å². The summed E-state index contributed by atoms with van der Waals surface area (Å²) in [6, 6.07) is 7.26. The first-order chi connectivity index (χ1) is 7.06. The molecule has 15 heavy (non-hydrogen) atoms. The molecule has 0 aliphatic carbocycles. The Morgan fingerprint density at radius 3 is 2.80 bits per heavy atom. The highest BCUT2D eigenvalue weighted by Gasteiger charge is 2.05. The highest BCUT2D eigenvalue weighted by atomic mass is 32.2. The van der Waals surface area contributed by atoms with Crippen molar-refractivity contribution in [2.75, 3.05) is 11.0 Å². The van der Waals surface area contributed by atoms with Gasteiger partial charge in [0, 0.05) is 17.8 Å². The van der Waals surface area contributed by atoms with Gasteiger partial charge in [0.15, 0.2) is 0 Å². The fourth-order valence-corrected chi connectivity index (χ4v) is 1.98. The van der Waals surface area contributed by atoms with Crippen LogP contribution in [0.4, 0.5) is 5.69 Å². The van der Waals surface area contributed by atoms with Gasteiger partial charge in [-0.25, -0.2) is 8.42 Å². The summed E-state index contributed by atoms with van der Waals surface area (Å²) in [5, 5.41) is 1.75. The zero-order chi connectivity index (χ0) is 10.9. The number of nitrogens with one attached hydrogen (secondary N) is 1. The summed E-state index contributed by atoms with van der Waals surface area (Å²) in [4.78, 5) is 3.97. The number of pyridine rings is 1. The van der Waals surface area contributed by atoms with Gasteiger partial charge >= 0.3 is 0 Å². The fourth-order valence-electron chi connectivity index (χ4n) is 1.40. The van der Waals surface area contributed by atoms with E-state index in [4.69, 9.17) is 0 Å². The van der Waals surface area contributed by atoms with Crippen molar-refractivity contribution >= 4 is 26.5 Å². The number of rotatable bonds is 2. The van der Waals surface area contributed by atoms with Gasteiger partial charge in [-0.3, -0.25) is 9.71 Å². The molecule has 2 aromatic rings. The van der Waals surface area contributed by atoms with Crippen LogP contribution in [-0.4, -0.2) is 19.7 Å². The molecule has 0 amide bonds. The maximum absolute atomic E-state index is 11.1. The van der Waals surface area contributed by atoms with E-state index in [9.17, 15) is 8.42 Å². The van der Waals surface area contributed by atoms with Crippen LogP contribution in [0.3, 0.4) is 0 Å². The monoisotopic (exact) mass is 222 g/mol. The normalized spacial score (nSPS) is 11.5. The predicted molar refractivity (Wildman–Crippen MR) is 60.2 cm³/mol. The number of fused-ring (bicyclic) bond motifs is 1. The minimum atomic E-state index is -3.25. The van der Waals surface area contributed by atoms with Crippen molar-refractivity contribution in [3.05, 3.63) is 36.7 Å². The van der Waals surface area contributed by atoms with E-state index in [1.54, 1.807) is 24.5 Å². The number of sulfonamides is 1. The van der Waals surface area contributed by atoms with Crippen molar-refractivity contribution in [1.29, 1.82) is 0 Å². The van der Waals surface area contributed by atoms with Crippen molar-refractivity contribution < 1.29 is 8.42 Å². The van der Waals surface area contributed by atoms with Crippen LogP contribution in [0.2, 0.25) is 0 Å². The molecular weight excluding hydrogens is 212 g/mol. The number of hydrogen-bond acceptors (Lipinski definition) is 3. The molecule has 5 heteroatoms. The average Bonchev–Trinajstić information content (AvgIpc) is 2.16. The van der Waals surface area contributed by atoms with Gasteiger partial charge in [0.1, 0.15) is 0 Å². The molecular formula is C10H10N2O2S. The number of anilines is 1.